The lowest BCUT2D eigenvalue weighted by Crippen LogP contribution is -2.45. The van der Waals surface area contributed by atoms with Gasteiger partial charge in [0.1, 0.15) is 13.2 Å². The van der Waals surface area contributed by atoms with Gasteiger partial charge in [-0.05, 0) is 44.9 Å². The van der Waals surface area contributed by atoms with Crippen LogP contribution in [0.15, 0.2) is 36.5 Å². The lowest BCUT2D eigenvalue weighted by molar-refractivity contribution is -0.870. The second-order valence-corrected chi connectivity index (χ2v) is 24.9. The molecule has 1 amide bonds. The smallest absolute Gasteiger partial charge is 0.268 e. The Labute approximate surface area is 461 Å². The van der Waals surface area contributed by atoms with Gasteiger partial charge in [-0.25, -0.2) is 0 Å². The Bertz CT molecular complexity index is 1300. The highest BCUT2D eigenvalue weighted by Crippen LogP contribution is 2.38. The number of quaternary nitrogens is 1. The number of hydrogen-bond donors (Lipinski definition) is 2. The van der Waals surface area contributed by atoms with Crippen molar-refractivity contribution in [3.8, 4) is 0 Å². The summed E-state index contributed by atoms with van der Waals surface area (Å²) in [4.78, 5) is 25.6. The zero-order valence-electron chi connectivity index (χ0n) is 50.1. The van der Waals surface area contributed by atoms with E-state index in [9.17, 15) is 19.4 Å². The number of carbonyl (C=O) groups is 1. The van der Waals surface area contributed by atoms with Crippen LogP contribution >= 0.6 is 7.82 Å². The Hall–Kier alpha value is -1.28. The van der Waals surface area contributed by atoms with Crippen LogP contribution in [-0.4, -0.2) is 68.5 Å². The third kappa shape index (κ3) is 58.4. The predicted octanol–water partition coefficient (Wildman–Crippen LogP) is 19.5. The summed E-state index contributed by atoms with van der Waals surface area (Å²) in [5, 5.41) is 13.9. The van der Waals surface area contributed by atoms with Gasteiger partial charge in [0.2, 0.25) is 5.91 Å². The van der Waals surface area contributed by atoms with Gasteiger partial charge in [-0.3, -0.25) is 9.36 Å². The van der Waals surface area contributed by atoms with E-state index < -0.39 is 26.6 Å². The van der Waals surface area contributed by atoms with E-state index in [4.69, 9.17) is 9.05 Å². The van der Waals surface area contributed by atoms with Gasteiger partial charge in [0.05, 0.1) is 39.9 Å². The molecule has 0 aliphatic rings. The first-order valence-corrected chi connectivity index (χ1v) is 33.8. The average molecular weight is 1060 g/mol. The zero-order valence-corrected chi connectivity index (χ0v) is 51.0. The minimum absolute atomic E-state index is 0.00720. The van der Waals surface area contributed by atoms with Crippen molar-refractivity contribution >= 4 is 13.7 Å². The Kier molecular flexibility index (Phi) is 55.5. The summed E-state index contributed by atoms with van der Waals surface area (Å²) in [5.41, 5.74) is 0. The average Bonchev–Trinajstić information content (AvgIpc) is 3.36. The van der Waals surface area contributed by atoms with Gasteiger partial charge in [0.15, 0.2) is 0 Å². The van der Waals surface area contributed by atoms with Crippen LogP contribution in [0.4, 0.5) is 0 Å². The third-order valence-corrected chi connectivity index (χ3v) is 15.8. The fourth-order valence-corrected chi connectivity index (χ4v) is 10.5. The number of allylic oxidation sites excluding steroid dienone is 5. The van der Waals surface area contributed by atoms with Crippen molar-refractivity contribution in [1.29, 1.82) is 0 Å². The molecule has 0 saturated heterocycles. The van der Waals surface area contributed by atoms with E-state index in [1.54, 1.807) is 6.08 Å². The van der Waals surface area contributed by atoms with Gasteiger partial charge in [-0.15, -0.1) is 0 Å². The molecule has 0 rings (SSSR count). The zero-order chi connectivity index (χ0) is 54.2. The number of rotatable bonds is 60. The summed E-state index contributed by atoms with van der Waals surface area (Å²) < 4.78 is 23.4. The predicted molar refractivity (Wildman–Crippen MR) is 321 cm³/mol. The molecule has 0 heterocycles. The van der Waals surface area contributed by atoms with Crippen LogP contribution in [0.3, 0.4) is 0 Å². The number of aliphatic hydroxyl groups excluding tert-OH is 1. The van der Waals surface area contributed by atoms with Crippen LogP contribution in [0.25, 0.3) is 0 Å². The summed E-state index contributed by atoms with van der Waals surface area (Å²) in [6.45, 7) is 4.67. The van der Waals surface area contributed by atoms with Gasteiger partial charge in [0.25, 0.3) is 7.82 Å². The highest BCUT2D eigenvalue weighted by molar-refractivity contribution is 7.45. The topological polar surface area (TPSA) is 108 Å². The van der Waals surface area contributed by atoms with Crippen LogP contribution in [-0.2, 0) is 18.4 Å². The highest BCUT2D eigenvalue weighted by Gasteiger charge is 2.23. The summed E-state index contributed by atoms with van der Waals surface area (Å²) in [6, 6.07) is -0.909. The van der Waals surface area contributed by atoms with E-state index >= 15 is 0 Å². The number of nitrogens with zero attached hydrogens (tertiary/aromatic N) is 1. The van der Waals surface area contributed by atoms with Crippen molar-refractivity contribution < 1.29 is 32.9 Å². The second-order valence-electron chi connectivity index (χ2n) is 23.5. The van der Waals surface area contributed by atoms with Crippen molar-refractivity contribution in [2.75, 3.05) is 40.9 Å². The molecule has 0 aliphatic heterocycles. The number of aliphatic hydroxyl groups is 1. The van der Waals surface area contributed by atoms with Gasteiger partial charge >= 0.3 is 0 Å². The first kappa shape index (κ1) is 72.7. The lowest BCUT2D eigenvalue weighted by Gasteiger charge is -2.29. The van der Waals surface area contributed by atoms with E-state index in [-0.39, 0.29) is 12.5 Å². The lowest BCUT2D eigenvalue weighted by atomic mass is 10.0. The number of nitrogens with one attached hydrogen (secondary N) is 1. The van der Waals surface area contributed by atoms with Crippen LogP contribution in [0.1, 0.15) is 322 Å². The number of unbranched alkanes of at least 4 members (excludes halogenated alkanes) is 43. The Morgan fingerprint density at radius 1 is 0.459 bits per heavy atom. The maximum absolute atomic E-state index is 13.0. The normalized spacial score (nSPS) is 14.0. The van der Waals surface area contributed by atoms with Crippen molar-refractivity contribution in [3.05, 3.63) is 36.5 Å². The molecule has 3 unspecified atom stereocenters. The third-order valence-electron chi connectivity index (χ3n) is 14.8. The Balaban J connectivity index is 4.14. The molecule has 0 radical (unpaired) electrons. The second kappa shape index (κ2) is 56.4. The number of phosphoric acid groups is 1. The van der Waals surface area contributed by atoms with Crippen molar-refractivity contribution in [2.24, 2.45) is 0 Å². The quantitative estimate of drug-likeness (QED) is 0.0272. The molecule has 2 N–H and O–H groups in total. The van der Waals surface area contributed by atoms with E-state index in [0.29, 0.717) is 17.4 Å². The molecule has 3 atom stereocenters. The number of carbonyl (C=O) groups excluding carboxylic acids is 1. The van der Waals surface area contributed by atoms with Gasteiger partial charge in [-0.2, -0.15) is 0 Å². The first-order valence-electron chi connectivity index (χ1n) is 32.4. The molecule has 0 aromatic carbocycles. The summed E-state index contributed by atoms with van der Waals surface area (Å²) in [7, 11) is 1.25. The van der Waals surface area contributed by atoms with Gasteiger partial charge in [-0.1, -0.05) is 307 Å². The molecule has 9 heteroatoms. The molecule has 0 aromatic heterocycles. The monoisotopic (exact) mass is 1060 g/mol. The minimum Gasteiger partial charge on any atom is -0.756 e. The Morgan fingerprint density at radius 3 is 1.09 bits per heavy atom. The Morgan fingerprint density at radius 2 is 0.757 bits per heavy atom. The van der Waals surface area contributed by atoms with E-state index in [1.807, 2.05) is 27.2 Å². The SMILES string of the molecule is CCCCCCCCCCCCCCC/C=C/CC/C=C/CC/C=C/C(O)C(COP(=O)([O-])OCC[N+](C)(C)C)NC(=O)CCCCCCCCCCCCCCCCCCCCCCCCCCCCCCC. The molecule has 438 valence electrons. The van der Waals surface area contributed by atoms with Crippen LogP contribution < -0.4 is 10.2 Å². The molecule has 0 fully saturated rings. The van der Waals surface area contributed by atoms with Crippen molar-refractivity contribution in [2.45, 2.75) is 334 Å². The molecule has 0 aliphatic carbocycles. The maximum atomic E-state index is 13.0. The molecule has 0 bridgehead atoms. The van der Waals surface area contributed by atoms with Crippen LogP contribution in [0.5, 0.6) is 0 Å². The van der Waals surface area contributed by atoms with E-state index in [0.717, 1.165) is 44.9 Å². The molecule has 8 nitrogen and oxygen atoms in total. The number of amides is 1. The molecular formula is C65H127N2O6P. The number of hydrogen-bond acceptors (Lipinski definition) is 6. The molecular weight excluding hydrogens is 936 g/mol. The first-order chi connectivity index (χ1) is 36.0. The van der Waals surface area contributed by atoms with Crippen molar-refractivity contribution in [1.82, 2.24) is 5.32 Å². The molecule has 0 aromatic rings. The summed E-state index contributed by atoms with van der Waals surface area (Å²) in [6.07, 6.45) is 74.0. The fraction of sp³-hybridized carbons (Fsp3) is 0.892. The summed E-state index contributed by atoms with van der Waals surface area (Å²) >= 11 is 0. The number of phosphoric ester groups is 1. The van der Waals surface area contributed by atoms with E-state index in [2.05, 4.69) is 43.5 Å². The fourth-order valence-electron chi connectivity index (χ4n) is 9.78. The summed E-state index contributed by atoms with van der Waals surface area (Å²) in [5.74, 6) is -0.205. The van der Waals surface area contributed by atoms with Crippen LogP contribution in [0, 0.1) is 0 Å². The van der Waals surface area contributed by atoms with Gasteiger partial charge in [0, 0.05) is 6.42 Å². The van der Waals surface area contributed by atoms with Gasteiger partial charge < -0.3 is 28.8 Å². The van der Waals surface area contributed by atoms with Crippen LogP contribution in [0.2, 0.25) is 0 Å². The largest absolute Gasteiger partial charge is 0.756 e. The molecule has 74 heavy (non-hydrogen) atoms. The van der Waals surface area contributed by atoms with Crippen molar-refractivity contribution in [3.63, 3.8) is 0 Å². The number of likely N-dealkylation sites (N-methyl/N-ethyl adjacent to an activating group) is 1. The maximum Gasteiger partial charge on any atom is 0.268 e. The standard InChI is InChI=1S/C65H127N2O6P/c1-6-8-10-12-14-16-18-20-22-24-26-28-30-31-32-33-34-35-37-39-41-43-45-47-49-51-53-55-57-59-65(69)66-63(62-73-74(70,71)72-61-60-67(3,4)5)64(68)58-56-54-52-50-48-46-44-42-40-38-36-29-27-25-23-21-19-17-15-13-11-9-7-2/h40,42,48,50,56,58,63-64,68H,6-39,41,43-47,49,51-55,57,59-62H2,1-5H3,(H-,66,69,70,71)/b42-40+,50-48+,58-56+. The van der Waals surface area contributed by atoms with E-state index in [1.165, 1.54) is 257 Å². The molecule has 0 saturated carbocycles. The molecule has 0 spiro atoms. The highest BCUT2D eigenvalue weighted by atomic mass is 31.2. The minimum atomic E-state index is -4.61.